The highest BCUT2D eigenvalue weighted by atomic mass is 16.7. The maximum Gasteiger partial charge on any atom is 0.413 e. The second kappa shape index (κ2) is 11.3. The molecule has 1 unspecified atom stereocenters. The minimum Gasteiger partial charge on any atom is -0.441 e. The zero-order valence-corrected chi connectivity index (χ0v) is 18.8. The topological polar surface area (TPSA) is 135 Å². The Morgan fingerprint density at radius 3 is 2.74 bits per heavy atom. The van der Waals surface area contributed by atoms with Crippen LogP contribution in [0, 0.1) is 0 Å². The van der Waals surface area contributed by atoms with E-state index in [2.05, 4.69) is 31.0 Å². The lowest BCUT2D eigenvalue weighted by Gasteiger charge is -2.27. The van der Waals surface area contributed by atoms with Gasteiger partial charge in [-0.05, 0) is 35.9 Å². The Labute approximate surface area is 195 Å². The highest BCUT2D eigenvalue weighted by Gasteiger charge is 2.25. The van der Waals surface area contributed by atoms with E-state index >= 15 is 0 Å². The largest absolute Gasteiger partial charge is 0.441 e. The first kappa shape index (κ1) is 23.3. The van der Waals surface area contributed by atoms with Crippen LogP contribution in [0.5, 0.6) is 0 Å². The molecule has 178 valence electrons. The summed E-state index contributed by atoms with van der Waals surface area (Å²) in [6.07, 6.45) is -0.976. The van der Waals surface area contributed by atoms with E-state index in [9.17, 15) is 4.79 Å². The molecule has 4 rings (SSSR count). The average Bonchev–Trinajstić information content (AvgIpc) is 3.28. The second-order valence-electron chi connectivity index (χ2n) is 7.42. The summed E-state index contributed by atoms with van der Waals surface area (Å²) in [7, 11) is 1.72. The number of carbonyl (C=O) groups is 1. The lowest BCUT2D eigenvalue weighted by molar-refractivity contribution is -0.217. The third-order valence-corrected chi connectivity index (χ3v) is 4.81. The quantitative estimate of drug-likeness (QED) is 0.391. The van der Waals surface area contributed by atoms with Gasteiger partial charge in [0.05, 0.1) is 18.9 Å². The summed E-state index contributed by atoms with van der Waals surface area (Å²) in [5, 5.41) is 18.4. The van der Waals surface area contributed by atoms with Gasteiger partial charge >= 0.3 is 6.09 Å². The number of aryl methyl sites for hydroxylation is 1. The van der Waals surface area contributed by atoms with Crippen molar-refractivity contribution in [3.05, 3.63) is 65.6 Å². The van der Waals surface area contributed by atoms with E-state index in [1.165, 1.54) is 4.68 Å². The fourth-order valence-electron chi connectivity index (χ4n) is 3.18. The SMILES string of the molecule is CC(OC(=O)Nc1cccc(CO/N=C(/c2ccccc2)c2nnnn2C)n1)C1OCCCO1. The molecule has 34 heavy (non-hydrogen) atoms. The Morgan fingerprint density at radius 1 is 1.21 bits per heavy atom. The van der Waals surface area contributed by atoms with Crippen LogP contribution in [0.25, 0.3) is 0 Å². The number of hydrogen-bond acceptors (Lipinski definition) is 10. The van der Waals surface area contributed by atoms with Crippen LogP contribution < -0.4 is 5.32 Å². The highest BCUT2D eigenvalue weighted by Crippen LogP contribution is 2.14. The second-order valence-corrected chi connectivity index (χ2v) is 7.42. The third kappa shape index (κ3) is 6.11. The number of rotatable bonds is 8. The van der Waals surface area contributed by atoms with Crippen LogP contribution in [0.2, 0.25) is 0 Å². The summed E-state index contributed by atoms with van der Waals surface area (Å²) >= 11 is 0. The number of amides is 1. The maximum atomic E-state index is 12.2. The van der Waals surface area contributed by atoms with Crippen LogP contribution in [0.15, 0.2) is 53.7 Å². The molecule has 0 aliphatic carbocycles. The zero-order chi connectivity index (χ0) is 23.8. The van der Waals surface area contributed by atoms with Crippen molar-refractivity contribution in [3.8, 4) is 0 Å². The van der Waals surface area contributed by atoms with E-state index in [-0.39, 0.29) is 6.61 Å². The lowest BCUT2D eigenvalue weighted by atomic mass is 10.1. The average molecular weight is 467 g/mol. The predicted molar refractivity (Wildman–Crippen MR) is 120 cm³/mol. The van der Waals surface area contributed by atoms with Gasteiger partial charge in [-0.15, -0.1) is 5.10 Å². The summed E-state index contributed by atoms with van der Waals surface area (Å²) in [5.41, 5.74) is 1.83. The molecule has 1 aromatic carbocycles. The molecule has 12 nitrogen and oxygen atoms in total. The smallest absolute Gasteiger partial charge is 0.413 e. The number of nitrogens with one attached hydrogen (secondary N) is 1. The molecule has 1 aliphatic heterocycles. The van der Waals surface area contributed by atoms with Crippen molar-refractivity contribution in [1.82, 2.24) is 25.2 Å². The molecule has 3 aromatic rings. The van der Waals surface area contributed by atoms with Gasteiger partial charge in [-0.2, -0.15) is 0 Å². The first-order valence-corrected chi connectivity index (χ1v) is 10.7. The van der Waals surface area contributed by atoms with Crippen molar-refractivity contribution in [2.45, 2.75) is 32.3 Å². The molecule has 1 fully saturated rings. The molecule has 0 spiro atoms. The zero-order valence-electron chi connectivity index (χ0n) is 18.8. The van der Waals surface area contributed by atoms with Crippen molar-refractivity contribution in [2.24, 2.45) is 12.2 Å². The third-order valence-electron chi connectivity index (χ3n) is 4.81. The summed E-state index contributed by atoms with van der Waals surface area (Å²) in [5.74, 6) is 0.769. The summed E-state index contributed by atoms with van der Waals surface area (Å²) < 4.78 is 17.7. The molecule has 0 saturated carbocycles. The fourth-order valence-corrected chi connectivity index (χ4v) is 3.18. The molecule has 3 heterocycles. The number of carbonyl (C=O) groups excluding carboxylic acids is 1. The number of nitrogens with zero attached hydrogens (tertiary/aromatic N) is 6. The molecule has 12 heteroatoms. The first-order valence-electron chi connectivity index (χ1n) is 10.7. The number of ether oxygens (including phenoxy) is 3. The van der Waals surface area contributed by atoms with Crippen molar-refractivity contribution in [3.63, 3.8) is 0 Å². The molecular formula is C22H25N7O5. The van der Waals surface area contributed by atoms with Gasteiger partial charge in [0, 0.05) is 12.6 Å². The minimum atomic E-state index is -0.657. The predicted octanol–water partition coefficient (Wildman–Crippen LogP) is 2.27. The van der Waals surface area contributed by atoms with Gasteiger partial charge in [0.1, 0.15) is 5.82 Å². The Bertz CT molecular complexity index is 1120. The van der Waals surface area contributed by atoms with Gasteiger partial charge in [0.25, 0.3) is 0 Å². The monoisotopic (exact) mass is 467 g/mol. The summed E-state index contributed by atoms with van der Waals surface area (Å²) in [6.45, 7) is 2.92. The van der Waals surface area contributed by atoms with E-state index < -0.39 is 18.5 Å². The summed E-state index contributed by atoms with van der Waals surface area (Å²) in [4.78, 5) is 22.2. The van der Waals surface area contributed by atoms with E-state index in [0.29, 0.717) is 36.3 Å². The molecule has 1 saturated heterocycles. The number of aromatic nitrogens is 5. The Balaban J connectivity index is 1.37. The Hall–Kier alpha value is -3.90. The van der Waals surface area contributed by atoms with E-state index in [1.807, 2.05) is 30.3 Å². The van der Waals surface area contributed by atoms with Crippen LogP contribution >= 0.6 is 0 Å². The molecule has 1 N–H and O–H groups in total. The van der Waals surface area contributed by atoms with E-state index in [1.54, 1.807) is 32.2 Å². The minimum absolute atomic E-state index is 0.0618. The van der Waals surface area contributed by atoms with Crippen LogP contribution in [0.1, 0.15) is 30.4 Å². The molecule has 1 amide bonds. The van der Waals surface area contributed by atoms with Gasteiger partial charge < -0.3 is 19.0 Å². The number of anilines is 1. The van der Waals surface area contributed by atoms with Crippen molar-refractivity contribution in [1.29, 1.82) is 0 Å². The van der Waals surface area contributed by atoms with E-state index in [0.717, 1.165) is 12.0 Å². The molecule has 0 radical (unpaired) electrons. The van der Waals surface area contributed by atoms with Crippen molar-refractivity contribution < 1.29 is 23.8 Å². The van der Waals surface area contributed by atoms with Gasteiger partial charge in [0.15, 0.2) is 24.7 Å². The van der Waals surface area contributed by atoms with E-state index in [4.69, 9.17) is 19.0 Å². The molecule has 1 aliphatic rings. The molecule has 1 atom stereocenters. The number of oxime groups is 1. The summed E-state index contributed by atoms with van der Waals surface area (Å²) in [6, 6.07) is 14.6. The fraction of sp³-hybridized carbons (Fsp3) is 0.364. The Morgan fingerprint density at radius 2 is 2.00 bits per heavy atom. The van der Waals surface area contributed by atoms with Crippen molar-refractivity contribution >= 4 is 17.6 Å². The Kier molecular flexibility index (Phi) is 7.73. The van der Waals surface area contributed by atoms with Crippen LogP contribution in [-0.4, -0.2) is 62.6 Å². The molecule has 0 bridgehead atoms. The number of hydrogen-bond donors (Lipinski definition) is 1. The number of pyridine rings is 1. The van der Waals surface area contributed by atoms with Crippen LogP contribution in [0.3, 0.4) is 0 Å². The maximum absolute atomic E-state index is 12.2. The van der Waals surface area contributed by atoms with Crippen LogP contribution in [0.4, 0.5) is 10.6 Å². The van der Waals surface area contributed by atoms with Gasteiger partial charge in [-0.25, -0.2) is 14.5 Å². The highest BCUT2D eigenvalue weighted by molar-refractivity contribution is 6.10. The number of benzene rings is 1. The normalized spacial score (nSPS) is 15.5. The lowest BCUT2D eigenvalue weighted by Crippen LogP contribution is -2.38. The van der Waals surface area contributed by atoms with Gasteiger partial charge in [-0.3, -0.25) is 5.32 Å². The number of tetrazole rings is 1. The standard InChI is InChI=1S/C22H25N7O5/c1-15(21-31-12-7-13-32-21)34-22(30)24-18-11-6-10-17(23-18)14-33-26-19(16-8-4-3-5-9-16)20-25-27-28-29(20)2/h3-6,8-11,15,21H,7,12-14H2,1-2H3,(H,23,24,30)/b26-19-. The molecule has 2 aromatic heterocycles. The van der Waals surface area contributed by atoms with Crippen molar-refractivity contribution in [2.75, 3.05) is 18.5 Å². The molecular weight excluding hydrogens is 442 g/mol. The first-order chi connectivity index (χ1) is 16.6. The van der Waals surface area contributed by atoms with Crippen LogP contribution in [-0.2, 0) is 32.7 Å². The van der Waals surface area contributed by atoms with Gasteiger partial charge in [0.2, 0.25) is 5.82 Å². The van der Waals surface area contributed by atoms with Gasteiger partial charge in [-0.1, -0.05) is 41.6 Å².